The van der Waals surface area contributed by atoms with E-state index in [4.69, 9.17) is 36.1 Å². The smallest absolute Gasteiger partial charge is 0.396 e. The molecule has 0 bridgehead atoms. The van der Waals surface area contributed by atoms with Crippen LogP contribution in [0.5, 0.6) is 11.6 Å². The van der Waals surface area contributed by atoms with E-state index in [1.807, 2.05) is 53.1 Å². The summed E-state index contributed by atoms with van der Waals surface area (Å²) < 4.78 is 29.1. The number of amides is 6. The molecule has 3 aromatic carbocycles. The Morgan fingerprint density at radius 1 is 0.946 bits per heavy atom. The van der Waals surface area contributed by atoms with Crippen molar-refractivity contribution >= 4 is 89.2 Å². The molecule has 28 heteroatoms. The Bertz CT molecular complexity index is 3560. The van der Waals surface area contributed by atoms with Gasteiger partial charge in [0.2, 0.25) is 29.5 Å². The van der Waals surface area contributed by atoms with E-state index in [0.717, 1.165) is 11.3 Å². The van der Waals surface area contributed by atoms with Crippen molar-refractivity contribution in [3.8, 4) is 22.1 Å². The van der Waals surface area contributed by atoms with Gasteiger partial charge in [0, 0.05) is 74.1 Å². The fourth-order valence-corrected chi connectivity index (χ4v) is 12.7. The van der Waals surface area contributed by atoms with Gasteiger partial charge in [-0.15, -0.1) is 11.3 Å². The van der Waals surface area contributed by atoms with Gasteiger partial charge < -0.3 is 75.1 Å². The zero-order valence-electron chi connectivity index (χ0n) is 53.0. The van der Waals surface area contributed by atoms with Gasteiger partial charge in [0.25, 0.3) is 17.3 Å². The molecule has 0 saturated carbocycles. The standard InChI is InChI=1S/C48H60ClN8O14P.C13H16N2S.C2H6.CH2O/c1-26(2)42(47(64)56-18-16-33(59)23-56)39-22-41(54-71-39)69-19-5-7-28-6-4-8-38(43(28)49)70-25-31(10-14-40(50)60)51-45(62)37-13-11-32-15-17-55(27(3)58)24-36(46(63)57(32)37)53-44(61)35-21-30-20-29(9-12-34(30)52-35)48(65)72(66,67)68;1-9(14-3)11-4-6-12(7-5-11)13-10(2)15-8-16-13;2*1-2/h4,6,8-9,12,20-22,26,31-33,36-37,42,52,59H,5,7,10-11,13-19,23-25H2,1-3H3,(H2,50,60)(H,51,62)(H,53,61)(H2,66,67,68);4-9,14H,1-3H3;1-2H3;1H2/t31?,32-,33?,36?,37?,42?;9-;;/m10../s1. The van der Waals surface area contributed by atoms with Gasteiger partial charge in [-0.2, -0.15) is 0 Å². The molecule has 7 atom stereocenters. The molecule has 9 rings (SSSR count). The van der Waals surface area contributed by atoms with Gasteiger partial charge in [-0.25, -0.2) is 4.98 Å². The number of aromatic nitrogens is 3. The highest BCUT2D eigenvalue weighted by Gasteiger charge is 2.46. The summed E-state index contributed by atoms with van der Waals surface area (Å²) in [6, 6.07) is 17.6. The van der Waals surface area contributed by atoms with Gasteiger partial charge in [0.1, 0.15) is 42.8 Å². The molecule has 3 aliphatic rings. The number of likely N-dealkylation sites (tertiary alicyclic amines) is 1. The number of primary amides is 1. The molecule has 9 N–H and O–H groups in total. The highest BCUT2D eigenvalue weighted by molar-refractivity contribution is 7.70. The maximum atomic E-state index is 14.5. The van der Waals surface area contributed by atoms with Crippen LogP contribution < -0.4 is 31.2 Å². The number of nitrogens with one attached hydrogen (secondary N) is 4. The van der Waals surface area contributed by atoms with E-state index in [-0.39, 0.29) is 87.0 Å². The molecule has 3 saturated heterocycles. The molecule has 0 radical (unpaired) electrons. The summed E-state index contributed by atoms with van der Waals surface area (Å²) >= 11 is 8.53. The number of benzene rings is 3. The number of carbonyl (C=O) groups excluding carboxylic acids is 8. The lowest BCUT2D eigenvalue weighted by Gasteiger charge is -2.38. The van der Waals surface area contributed by atoms with E-state index in [0.29, 0.717) is 72.1 Å². The average Bonchev–Trinajstić information content (AvgIpc) is 1.65. The number of aryl methyl sites for hydroxylation is 2. The number of fused-ring (bicyclic) bond motifs is 2. The monoisotopic (exact) mass is 1330 g/mol. The second-order valence-electron chi connectivity index (χ2n) is 22.7. The number of ether oxygens (including phenoxy) is 2. The minimum absolute atomic E-state index is 0.0384. The van der Waals surface area contributed by atoms with Gasteiger partial charge in [0.15, 0.2) is 5.76 Å². The largest absolute Gasteiger partial charge is 0.490 e. The Morgan fingerprint density at radius 3 is 2.29 bits per heavy atom. The zero-order chi connectivity index (χ0) is 67.6. The molecule has 3 fully saturated rings. The first-order chi connectivity index (χ1) is 43.9. The van der Waals surface area contributed by atoms with Crippen LogP contribution in [0.25, 0.3) is 21.3 Å². The topological polar surface area (TPSA) is 359 Å². The van der Waals surface area contributed by atoms with Gasteiger partial charge in [-0.1, -0.05) is 75.7 Å². The van der Waals surface area contributed by atoms with Gasteiger partial charge >= 0.3 is 7.60 Å². The minimum atomic E-state index is -5.08. The van der Waals surface area contributed by atoms with Crippen LogP contribution in [0.15, 0.2) is 82.8 Å². The summed E-state index contributed by atoms with van der Waals surface area (Å²) in [6.07, 6.45) is 2.06. The van der Waals surface area contributed by atoms with Crippen molar-refractivity contribution in [2.45, 2.75) is 142 Å². The first kappa shape index (κ1) is 73.2. The molecule has 498 valence electrons. The number of nitrogens with two attached hydrogens (primary N) is 1. The third kappa shape index (κ3) is 19.1. The number of carbonyl (C=O) groups is 8. The number of β-amino-alcohol motifs (C(OH)–C–C–N with tert-alkyl or cyclic N) is 1. The molecule has 5 unspecified atom stereocenters. The minimum Gasteiger partial charge on any atom is -0.490 e. The van der Waals surface area contributed by atoms with Crippen LogP contribution >= 0.6 is 30.5 Å². The Kier molecular flexibility index (Phi) is 27.2. The van der Waals surface area contributed by atoms with Crippen molar-refractivity contribution in [2.75, 3.05) is 46.4 Å². The second-order valence-corrected chi connectivity index (χ2v) is 25.5. The molecule has 3 aliphatic heterocycles. The molecule has 25 nitrogen and oxygen atoms in total. The Balaban J connectivity index is 0.000000575. The van der Waals surface area contributed by atoms with Crippen LogP contribution in [0.2, 0.25) is 5.02 Å². The zero-order valence-corrected chi connectivity index (χ0v) is 55.5. The number of halogens is 1. The van der Waals surface area contributed by atoms with E-state index in [9.17, 15) is 53.0 Å². The van der Waals surface area contributed by atoms with Crippen LogP contribution in [0.4, 0.5) is 0 Å². The van der Waals surface area contributed by atoms with Crippen LogP contribution in [-0.4, -0.2) is 169 Å². The highest BCUT2D eigenvalue weighted by Crippen LogP contribution is 2.40. The van der Waals surface area contributed by atoms with E-state index >= 15 is 0 Å². The molecule has 6 heterocycles. The molecule has 0 aliphatic carbocycles. The lowest BCUT2D eigenvalue weighted by atomic mass is 9.92. The lowest BCUT2D eigenvalue weighted by Crippen LogP contribution is -2.61. The van der Waals surface area contributed by atoms with Gasteiger partial charge in [0.05, 0.1) is 39.9 Å². The van der Waals surface area contributed by atoms with E-state index in [1.165, 1.54) is 57.0 Å². The van der Waals surface area contributed by atoms with Crippen LogP contribution in [0.1, 0.15) is 142 Å². The predicted octanol–water partition coefficient (Wildman–Crippen LogP) is 7.25. The molecule has 6 amide bonds. The summed E-state index contributed by atoms with van der Waals surface area (Å²) in [6.45, 7) is 16.3. The van der Waals surface area contributed by atoms with Gasteiger partial charge in [-0.3, -0.25) is 38.1 Å². The van der Waals surface area contributed by atoms with E-state index in [1.54, 1.807) is 34.4 Å². The van der Waals surface area contributed by atoms with E-state index in [2.05, 4.69) is 69.2 Å². The Morgan fingerprint density at radius 2 is 1.66 bits per heavy atom. The third-order valence-corrected chi connectivity index (χ3v) is 18.3. The number of thiazole rings is 1. The van der Waals surface area contributed by atoms with Crippen molar-refractivity contribution < 1.29 is 71.8 Å². The molecule has 92 heavy (non-hydrogen) atoms. The summed E-state index contributed by atoms with van der Waals surface area (Å²) in [5.41, 5.74) is 10.5. The number of hydrogen-bond donors (Lipinski definition) is 8. The van der Waals surface area contributed by atoms with Crippen LogP contribution in [-0.2, 0) is 39.8 Å². The lowest BCUT2D eigenvalue weighted by molar-refractivity contribution is -0.145. The molecule has 6 aromatic rings. The number of aliphatic hydroxyl groups excluding tert-OH is 1. The van der Waals surface area contributed by atoms with E-state index < -0.39 is 72.9 Å². The number of H-pyrrole nitrogens is 1. The number of nitrogens with zero attached hydrogens (tertiary/aromatic N) is 5. The first-order valence-electron chi connectivity index (χ1n) is 30.5. The number of aliphatic hydroxyl groups is 1. The average molecular weight is 1330 g/mol. The predicted molar refractivity (Wildman–Crippen MR) is 347 cm³/mol. The fraction of sp³-hybridized carbons (Fsp3) is 0.469. The van der Waals surface area contributed by atoms with Crippen LogP contribution in [0.3, 0.4) is 0 Å². The molecular formula is C64H84ClN10O15PS. The maximum absolute atomic E-state index is 14.5. The number of rotatable bonds is 23. The Hall–Kier alpha value is -7.84. The van der Waals surface area contributed by atoms with Gasteiger partial charge in [-0.05, 0) is 124 Å². The summed E-state index contributed by atoms with van der Waals surface area (Å²) in [5.74, 6) is -2.65. The summed E-state index contributed by atoms with van der Waals surface area (Å²) in [5, 5.41) is 23.5. The second kappa shape index (κ2) is 34.2. The van der Waals surface area contributed by atoms with Crippen molar-refractivity contribution in [3.05, 3.63) is 117 Å². The first-order valence-corrected chi connectivity index (χ1v) is 33.4. The third-order valence-electron chi connectivity index (χ3n) is 16.1. The van der Waals surface area contributed by atoms with Crippen molar-refractivity contribution in [1.29, 1.82) is 0 Å². The highest BCUT2D eigenvalue weighted by atomic mass is 35.5. The fourth-order valence-electron chi connectivity index (χ4n) is 11.1. The quantitative estimate of drug-likeness (QED) is 0.0231. The summed E-state index contributed by atoms with van der Waals surface area (Å²) in [7, 11) is -3.10. The normalized spacial score (nSPS) is 18.1. The SMILES string of the molecule is C=O.CC.CC(=O)N1CC[C@H]2CCC(C(=O)NC(CCC(N)=O)COc3cccc(CCCOc4cc(C(C(=O)N5CCC(O)C5)C(C)C)on4)c3Cl)N2C(=O)C(NC(=O)c2cc3cc(C(=O)P(=O)(O)O)ccc3[nH]2)C1.CN[C@@H](C)c1ccc(-c2scnc2C)cc1. The van der Waals surface area contributed by atoms with Crippen LogP contribution in [0, 0.1) is 12.8 Å². The van der Waals surface area contributed by atoms with Crippen molar-refractivity contribution in [2.24, 2.45) is 11.7 Å². The maximum Gasteiger partial charge on any atom is 0.396 e. The Labute approximate surface area is 543 Å². The number of aromatic amines is 1. The van der Waals surface area contributed by atoms with Crippen molar-refractivity contribution in [1.82, 2.24) is 45.8 Å². The molecule has 0 spiro atoms. The summed E-state index contributed by atoms with van der Waals surface area (Å²) in [4.78, 5) is 132. The molecule has 3 aromatic heterocycles. The molecular weight excluding hydrogens is 1250 g/mol. The van der Waals surface area contributed by atoms with Crippen molar-refractivity contribution in [3.63, 3.8) is 0 Å². The number of hydrogen-bond acceptors (Lipinski definition) is 17.